The van der Waals surface area contributed by atoms with E-state index in [0.29, 0.717) is 34.8 Å². The number of nitrogens with zero attached hydrogens (tertiary/aromatic N) is 2. The van der Waals surface area contributed by atoms with Gasteiger partial charge in [0, 0.05) is 12.7 Å². The van der Waals surface area contributed by atoms with Gasteiger partial charge < -0.3 is 25.4 Å². The number of aliphatic carboxylic acids is 1. The molecule has 9 nitrogen and oxygen atoms in total. The van der Waals surface area contributed by atoms with Gasteiger partial charge in [0.25, 0.3) is 0 Å². The maximum Gasteiger partial charge on any atom is 0.406 e. The molecule has 3 N–H and O–H groups in total. The zero-order valence-corrected chi connectivity index (χ0v) is 19.1. The van der Waals surface area contributed by atoms with Crippen LogP contribution < -0.4 is 15.4 Å². The molecule has 3 unspecified atom stereocenters. The van der Waals surface area contributed by atoms with Crippen molar-refractivity contribution in [2.45, 2.75) is 44.1 Å². The van der Waals surface area contributed by atoms with Gasteiger partial charge in [0.05, 0.1) is 18.4 Å². The first-order valence-electron chi connectivity index (χ1n) is 11.4. The van der Waals surface area contributed by atoms with Crippen LogP contribution >= 0.6 is 0 Å². The van der Waals surface area contributed by atoms with E-state index in [1.807, 2.05) is 6.07 Å². The summed E-state index contributed by atoms with van der Waals surface area (Å²) >= 11 is 0. The number of carboxylic acids is 1. The summed E-state index contributed by atoms with van der Waals surface area (Å²) < 4.78 is 44.9. The number of amides is 1. The monoisotopic (exact) mass is 506 g/mol. The van der Waals surface area contributed by atoms with Gasteiger partial charge in [0.2, 0.25) is 5.91 Å². The second-order valence-corrected chi connectivity index (χ2v) is 8.85. The van der Waals surface area contributed by atoms with E-state index in [1.165, 1.54) is 12.1 Å². The van der Waals surface area contributed by atoms with Gasteiger partial charge in [0.15, 0.2) is 0 Å². The fraction of sp³-hybridized carbons (Fsp3) is 0.417. The van der Waals surface area contributed by atoms with Gasteiger partial charge in [0.1, 0.15) is 24.2 Å². The molecule has 0 radical (unpaired) electrons. The van der Waals surface area contributed by atoms with Gasteiger partial charge in [-0.25, -0.2) is 9.78 Å². The molecular weight excluding hydrogens is 481 g/mol. The van der Waals surface area contributed by atoms with Gasteiger partial charge in [-0.05, 0) is 54.8 Å². The minimum absolute atomic E-state index is 0.0245. The van der Waals surface area contributed by atoms with Gasteiger partial charge in [-0.1, -0.05) is 12.1 Å². The molecule has 192 valence electrons. The largest absolute Gasteiger partial charge is 0.481 e. The quantitative estimate of drug-likeness (QED) is 0.387. The molecule has 1 fully saturated rings. The average molecular weight is 506 g/mol. The number of anilines is 1. The second kappa shape index (κ2) is 10.5. The van der Waals surface area contributed by atoms with Crippen molar-refractivity contribution in [1.29, 1.82) is 0 Å². The standard InChI is InChI=1S/C24H25F3N4O5/c25-24(26,27)13-31-12-16-10-17(5-4-14(16)9-15(22(31)34)11-20(32)33)36-23(35)21-18(6-8-29-21)30-19-3-1-2-7-28-19/h1-5,7,10,15,18,21,29H,6,8-9,11-13H2,(H,28,30)(H,32,33). The van der Waals surface area contributed by atoms with Crippen molar-refractivity contribution < 1.29 is 37.4 Å². The van der Waals surface area contributed by atoms with Crippen LogP contribution in [0.3, 0.4) is 0 Å². The summed E-state index contributed by atoms with van der Waals surface area (Å²) in [5.41, 5.74) is 0.904. The van der Waals surface area contributed by atoms with Crippen LogP contribution in [0.25, 0.3) is 0 Å². The Bertz CT molecular complexity index is 1130. The number of benzene rings is 1. The van der Waals surface area contributed by atoms with Crippen molar-refractivity contribution in [3.63, 3.8) is 0 Å². The molecule has 2 aromatic rings. The number of carbonyl (C=O) groups excluding carboxylic acids is 2. The average Bonchev–Trinajstić information content (AvgIpc) is 3.22. The van der Waals surface area contributed by atoms with Crippen LogP contribution in [0.5, 0.6) is 5.75 Å². The number of nitrogens with one attached hydrogen (secondary N) is 2. The third-order valence-corrected chi connectivity index (χ3v) is 6.15. The highest BCUT2D eigenvalue weighted by atomic mass is 19.4. The summed E-state index contributed by atoms with van der Waals surface area (Å²) in [6.07, 6.45) is -2.98. The Labute approximate surface area is 204 Å². The van der Waals surface area contributed by atoms with E-state index >= 15 is 0 Å². The summed E-state index contributed by atoms with van der Waals surface area (Å²) in [5, 5.41) is 15.4. The summed E-state index contributed by atoms with van der Waals surface area (Å²) in [6, 6.07) is 8.91. The predicted molar refractivity (Wildman–Crippen MR) is 121 cm³/mol. The number of rotatable bonds is 7. The SMILES string of the molecule is O=C(O)CC1Cc2ccc(OC(=O)C3NCCC3Nc3ccccn3)cc2CN(CC(F)(F)F)C1=O. The molecule has 1 saturated heterocycles. The van der Waals surface area contributed by atoms with E-state index in [9.17, 15) is 27.6 Å². The van der Waals surface area contributed by atoms with Crippen molar-refractivity contribution in [1.82, 2.24) is 15.2 Å². The lowest BCUT2D eigenvalue weighted by Gasteiger charge is -2.25. The molecule has 3 heterocycles. The Morgan fingerprint density at radius 2 is 2.03 bits per heavy atom. The summed E-state index contributed by atoms with van der Waals surface area (Å²) in [4.78, 5) is 41.6. The van der Waals surface area contributed by atoms with Crippen molar-refractivity contribution >= 4 is 23.7 Å². The zero-order valence-electron chi connectivity index (χ0n) is 19.1. The Hall–Kier alpha value is -3.67. The predicted octanol–water partition coefficient (Wildman–Crippen LogP) is 2.37. The molecule has 0 aliphatic carbocycles. The highest BCUT2D eigenvalue weighted by Crippen LogP contribution is 2.30. The second-order valence-electron chi connectivity index (χ2n) is 8.85. The molecule has 2 aliphatic rings. The lowest BCUT2D eigenvalue weighted by atomic mass is 9.94. The fourth-order valence-electron chi connectivity index (χ4n) is 4.55. The third kappa shape index (κ3) is 6.30. The number of alkyl halides is 3. The summed E-state index contributed by atoms with van der Waals surface area (Å²) in [7, 11) is 0. The lowest BCUT2D eigenvalue weighted by molar-refractivity contribution is -0.165. The molecule has 1 aromatic carbocycles. The van der Waals surface area contributed by atoms with E-state index in [0.717, 1.165) is 0 Å². The molecule has 1 aromatic heterocycles. The van der Waals surface area contributed by atoms with Crippen LogP contribution in [0.15, 0.2) is 42.6 Å². The highest BCUT2D eigenvalue weighted by molar-refractivity contribution is 5.84. The van der Waals surface area contributed by atoms with Crippen LogP contribution in [-0.4, -0.2) is 64.2 Å². The molecular formula is C24H25F3N4O5. The molecule has 2 aliphatic heterocycles. The first-order valence-corrected chi connectivity index (χ1v) is 11.4. The van der Waals surface area contributed by atoms with Gasteiger partial charge in [-0.15, -0.1) is 0 Å². The van der Waals surface area contributed by atoms with Crippen LogP contribution in [0.2, 0.25) is 0 Å². The first kappa shape index (κ1) is 25.4. The number of pyridine rings is 1. The van der Waals surface area contributed by atoms with Crippen LogP contribution in [0.4, 0.5) is 19.0 Å². The number of carboxylic acid groups (broad SMARTS) is 1. The number of hydrogen-bond donors (Lipinski definition) is 3. The Morgan fingerprint density at radius 1 is 1.22 bits per heavy atom. The fourth-order valence-corrected chi connectivity index (χ4v) is 4.55. The van der Waals surface area contributed by atoms with E-state index < -0.39 is 48.9 Å². The van der Waals surface area contributed by atoms with E-state index in [4.69, 9.17) is 9.84 Å². The first-order chi connectivity index (χ1) is 17.1. The smallest absolute Gasteiger partial charge is 0.406 e. The Morgan fingerprint density at radius 3 is 2.72 bits per heavy atom. The van der Waals surface area contributed by atoms with Crippen molar-refractivity contribution in [2.24, 2.45) is 5.92 Å². The molecule has 36 heavy (non-hydrogen) atoms. The Balaban J connectivity index is 1.51. The summed E-state index contributed by atoms with van der Waals surface area (Å²) in [5.74, 6) is -3.10. The molecule has 12 heteroatoms. The molecule has 0 saturated carbocycles. The number of hydrogen-bond acceptors (Lipinski definition) is 7. The van der Waals surface area contributed by atoms with Crippen molar-refractivity contribution in [2.75, 3.05) is 18.4 Å². The van der Waals surface area contributed by atoms with Crippen LogP contribution in [0.1, 0.15) is 24.0 Å². The minimum atomic E-state index is -4.65. The normalized spacial score (nSPS) is 22.0. The maximum atomic E-state index is 13.1. The molecule has 1 amide bonds. The van der Waals surface area contributed by atoms with Crippen LogP contribution in [-0.2, 0) is 27.3 Å². The number of carbonyl (C=O) groups is 3. The van der Waals surface area contributed by atoms with E-state index in [2.05, 4.69) is 15.6 Å². The van der Waals surface area contributed by atoms with Crippen molar-refractivity contribution in [3.05, 3.63) is 53.7 Å². The summed E-state index contributed by atoms with van der Waals surface area (Å²) in [6.45, 7) is -1.30. The zero-order chi connectivity index (χ0) is 25.9. The van der Waals surface area contributed by atoms with Gasteiger partial charge >= 0.3 is 18.1 Å². The van der Waals surface area contributed by atoms with Crippen LogP contribution in [0, 0.1) is 5.92 Å². The molecule has 3 atom stereocenters. The third-order valence-electron chi connectivity index (χ3n) is 6.15. The number of ether oxygens (including phenoxy) is 1. The number of aromatic nitrogens is 1. The van der Waals surface area contributed by atoms with Crippen molar-refractivity contribution in [3.8, 4) is 5.75 Å². The molecule has 0 spiro atoms. The Kier molecular flexibility index (Phi) is 7.43. The van der Waals surface area contributed by atoms with Gasteiger partial charge in [-0.3, -0.25) is 9.59 Å². The van der Waals surface area contributed by atoms with E-state index in [-0.39, 0.29) is 24.8 Å². The van der Waals surface area contributed by atoms with E-state index in [1.54, 1.807) is 24.4 Å². The lowest BCUT2D eigenvalue weighted by Crippen LogP contribution is -2.44. The topological polar surface area (TPSA) is 121 Å². The molecule has 4 rings (SSSR count). The minimum Gasteiger partial charge on any atom is -0.481 e. The number of esters is 1. The number of halogens is 3. The highest BCUT2D eigenvalue weighted by Gasteiger charge is 2.39. The van der Waals surface area contributed by atoms with Gasteiger partial charge in [-0.2, -0.15) is 13.2 Å². The maximum absolute atomic E-state index is 13.1. The number of fused-ring (bicyclic) bond motifs is 1. The molecule has 0 bridgehead atoms.